The third-order valence-corrected chi connectivity index (χ3v) is 1.11. The molecule has 0 bridgehead atoms. The van der Waals surface area contributed by atoms with Crippen molar-refractivity contribution in [2.24, 2.45) is 0 Å². The summed E-state index contributed by atoms with van der Waals surface area (Å²) in [5, 5.41) is 2.57. The Hall–Kier alpha value is 1.07. The van der Waals surface area contributed by atoms with Crippen molar-refractivity contribution in [3.8, 4) is 0 Å². The average Bonchev–Trinajstić information content (AvgIpc) is 2.53. The minimum Gasteiger partial charge on any atom is -0.412 e. The largest absolute Gasteiger partial charge is 1.00 e. The van der Waals surface area contributed by atoms with Gasteiger partial charge >= 0.3 is 29.6 Å². The Bertz CT molecular complexity index is 97.6. The molecule has 0 radical (unpaired) electrons. The van der Waals surface area contributed by atoms with Crippen molar-refractivity contribution in [2.45, 2.75) is 13.0 Å². The molecule has 5 heteroatoms. The standard InChI is InChI=1S/C3H6O.C2H5NS2.Na/c1-3-2-4-3;1-3-2(4)5;/h3H,2H2,1H3;1H3,(H2,3,4,5);/q;;+1/p-1. The maximum Gasteiger partial charge on any atom is 1.00 e. The second-order valence-electron chi connectivity index (χ2n) is 1.68. The van der Waals surface area contributed by atoms with Crippen LogP contribution in [0.2, 0.25) is 0 Å². The topological polar surface area (TPSA) is 24.6 Å². The number of rotatable bonds is 0. The van der Waals surface area contributed by atoms with E-state index in [9.17, 15) is 0 Å². The van der Waals surface area contributed by atoms with Crippen LogP contribution in [0.5, 0.6) is 0 Å². The van der Waals surface area contributed by atoms with Crippen LogP contribution in [0.4, 0.5) is 0 Å². The van der Waals surface area contributed by atoms with Crippen LogP contribution < -0.4 is 34.9 Å². The van der Waals surface area contributed by atoms with Crippen LogP contribution in [0.15, 0.2) is 0 Å². The van der Waals surface area contributed by atoms with Gasteiger partial charge in [-0.15, -0.1) is 0 Å². The molecule has 0 saturated carbocycles. The molecule has 1 aliphatic rings. The Morgan fingerprint density at radius 2 is 2.00 bits per heavy atom. The van der Waals surface area contributed by atoms with E-state index >= 15 is 0 Å². The second-order valence-corrected chi connectivity index (χ2v) is 2.76. The molecule has 0 spiro atoms. The number of thiocarbonyl (C=S) groups is 1. The van der Waals surface area contributed by atoms with E-state index in [0.29, 0.717) is 10.4 Å². The molecule has 0 aliphatic carbocycles. The van der Waals surface area contributed by atoms with Crippen molar-refractivity contribution in [3.05, 3.63) is 0 Å². The van der Waals surface area contributed by atoms with E-state index in [2.05, 4.69) is 37.1 Å². The van der Waals surface area contributed by atoms with Gasteiger partial charge in [0.2, 0.25) is 0 Å². The van der Waals surface area contributed by atoms with E-state index in [0.717, 1.165) is 6.61 Å². The zero-order chi connectivity index (χ0) is 7.28. The summed E-state index contributed by atoms with van der Waals surface area (Å²) in [6.07, 6.45) is 0.583. The van der Waals surface area contributed by atoms with Crippen LogP contribution in [0.1, 0.15) is 6.92 Å². The van der Waals surface area contributed by atoms with E-state index in [-0.39, 0.29) is 29.6 Å². The Labute approximate surface area is 94.8 Å². The molecule has 10 heavy (non-hydrogen) atoms. The van der Waals surface area contributed by atoms with E-state index in [1.807, 2.05) is 0 Å². The molecule has 0 aromatic rings. The number of hydrogen-bond acceptors (Lipinski definition) is 3. The van der Waals surface area contributed by atoms with Crippen LogP contribution in [0.3, 0.4) is 0 Å². The fourth-order valence-electron chi connectivity index (χ4n) is 0.0962. The molecule has 1 atom stereocenters. The maximum absolute atomic E-state index is 4.71. The Morgan fingerprint density at radius 1 is 1.80 bits per heavy atom. The summed E-state index contributed by atoms with van der Waals surface area (Å²) in [6, 6.07) is 0. The normalized spacial score (nSPS) is 19.2. The Balaban J connectivity index is 0. The summed E-state index contributed by atoms with van der Waals surface area (Å²) in [4.78, 5) is 0. The van der Waals surface area contributed by atoms with E-state index < -0.39 is 0 Å². The molecule has 54 valence electrons. The summed E-state index contributed by atoms with van der Waals surface area (Å²) < 4.78 is 5.13. The first-order valence-electron chi connectivity index (χ1n) is 2.67. The molecular weight excluding hydrogens is 177 g/mol. The molecule has 1 unspecified atom stereocenters. The first kappa shape index (κ1) is 13.6. The van der Waals surface area contributed by atoms with Gasteiger partial charge in [-0.1, -0.05) is 4.32 Å². The molecule has 0 aromatic heterocycles. The van der Waals surface area contributed by atoms with E-state index in [4.69, 9.17) is 4.74 Å². The Morgan fingerprint density at radius 3 is 2.00 bits per heavy atom. The smallest absolute Gasteiger partial charge is 0.412 e. The van der Waals surface area contributed by atoms with Crippen molar-refractivity contribution >= 4 is 29.2 Å². The van der Waals surface area contributed by atoms with Crippen molar-refractivity contribution < 1.29 is 34.3 Å². The van der Waals surface area contributed by atoms with Crippen molar-refractivity contribution in [3.63, 3.8) is 0 Å². The van der Waals surface area contributed by atoms with Crippen molar-refractivity contribution in [1.82, 2.24) is 5.32 Å². The fraction of sp³-hybridized carbons (Fsp3) is 0.800. The van der Waals surface area contributed by atoms with Gasteiger partial charge in [-0.25, -0.2) is 0 Å². The zero-order valence-corrected chi connectivity index (χ0v) is 10.1. The molecule has 0 aromatic carbocycles. The van der Waals surface area contributed by atoms with Crippen LogP contribution in [-0.2, 0) is 17.4 Å². The molecule has 1 aliphatic heterocycles. The van der Waals surface area contributed by atoms with Gasteiger partial charge in [-0.3, -0.25) is 0 Å². The van der Waals surface area contributed by atoms with Crippen LogP contribution in [0.25, 0.3) is 0 Å². The number of nitrogens with one attached hydrogen (secondary N) is 1. The van der Waals surface area contributed by atoms with Crippen molar-refractivity contribution in [1.29, 1.82) is 0 Å². The van der Waals surface area contributed by atoms with Gasteiger partial charge in [0, 0.05) is 7.05 Å². The van der Waals surface area contributed by atoms with Gasteiger partial charge in [0.05, 0.1) is 12.7 Å². The summed E-state index contributed by atoms with van der Waals surface area (Å²) in [6.45, 7) is 3.04. The van der Waals surface area contributed by atoms with E-state index in [1.54, 1.807) is 7.05 Å². The fourth-order valence-corrected chi connectivity index (χ4v) is 0.0962. The van der Waals surface area contributed by atoms with E-state index in [1.165, 1.54) is 0 Å². The monoisotopic (exact) mass is 187 g/mol. The maximum atomic E-state index is 4.71. The molecule has 2 nitrogen and oxygen atoms in total. The van der Waals surface area contributed by atoms with Gasteiger partial charge < -0.3 is 34.9 Å². The van der Waals surface area contributed by atoms with Crippen LogP contribution in [0, 0.1) is 0 Å². The number of epoxide rings is 1. The number of hydrogen-bond donors (Lipinski definition) is 1. The first-order valence-corrected chi connectivity index (χ1v) is 3.48. The molecule has 1 heterocycles. The van der Waals surface area contributed by atoms with Gasteiger partial charge in [0.1, 0.15) is 0 Å². The van der Waals surface area contributed by atoms with Crippen LogP contribution >= 0.6 is 12.2 Å². The minimum absolute atomic E-state index is 0. The van der Waals surface area contributed by atoms with Gasteiger partial charge in [-0.05, 0) is 6.92 Å². The second kappa shape index (κ2) is 8.17. The van der Waals surface area contributed by atoms with Crippen molar-refractivity contribution in [2.75, 3.05) is 13.7 Å². The SMILES string of the molecule is CC1CO1.CNC(=S)[S-].[Na+]. The van der Waals surface area contributed by atoms with Gasteiger partial charge in [0.25, 0.3) is 0 Å². The predicted octanol–water partition coefficient (Wildman–Crippen LogP) is -2.55. The third kappa shape index (κ3) is 16.0. The molecule has 1 N–H and O–H groups in total. The summed E-state index contributed by atoms with van der Waals surface area (Å²) in [7, 11) is 1.70. The molecular formula is C5H10NNaOS2. The van der Waals surface area contributed by atoms with Gasteiger partial charge in [0.15, 0.2) is 0 Å². The predicted molar refractivity (Wildman–Crippen MR) is 44.4 cm³/mol. The number of ether oxygens (including phenoxy) is 1. The third-order valence-electron chi connectivity index (χ3n) is 0.704. The van der Waals surface area contributed by atoms with Gasteiger partial charge in [-0.2, -0.15) is 0 Å². The molecule has 1 fully saturated rings. The molecule has 1 rings (SSSR count). The minimum atomic E-state index is 0. The molecule has 0 amide bonds. The van der Waals surface area contributed by atoms with Crippen LogP contribution in [-0.4, -0.2) is 24.1 Å². The zero-order valence-electron chi connectivity index (χ0n) is 6.51. The first-order chi connectivity index (χ1) is 4.16. The quantitative estimate of drug-likeness (QED) is 0.195. The summed E-state index contributed by atoms with van der Waals surface area (Å²) in [5.41, 5.74) is 0. The summed E-state index contributed by atoms with van der Waals surface area (Å²) >= 11 is 8.80. The average molecular weight is 187 g/mol. The molecule has 1 saturated heterocycles. The summed E-state index contributed by atoms with van der Waals surface area (Å²) in [5.74, 6) is 0. The Kier molecular flexibility index (Phi) is 11.1.